The maximum Gasteiger partial charge on any atom is 0.488 e. The minimum atomic E-state index is -5.72. The molecule has 0 saturated carbocycles. The number of carbonyl (C=O) groups is 3. The zero-order valence-corrected chi connectivity index (χ0v) is 48.3. The average molecular weight is 1200 g/mol. The van der Waals surface area contributed by atoms with Crippen LogP contribution in [0, 0.1) is 0 Å². The molecule has 11 N–H and O–H groups in total. The summed E-state index contributed by atoms with van der Waals surface area (Å²) in [5.41, 5.74) is 10.2. The van der Waals surface area contributed by atoms with Gasteiger partial charge in [-0.25, -0.2) is 32.6 Å². The number of imidazole rings is 1. The van der Waals surface area contributed by atoms with E-state index in [1.165, 1.54) is 12.1 Å². The number of hydrogen-bond acceptors (Lipinski definition) is 18. The number of aliphatic hydroxyl groups is 1. The molecule has 2 aromatic heterocycles. The fourth-order valence-corrected chi connectivity index (χ4v) is 14.8. The number of fused-ring (bicyclic) bond motifs is 5. The second-order valence-corrected chi connectivity index (χ2v) is 26.3. The van der Waals surface area contributed by atoms with E-state index in [0.717, 1.165) is 44.2 Å². The molecular weight excluding hydrogens is 1140 g/mol. The molecule has 4 aliphatic rings. The Kier molecular flexibility index (Phi) is 15.8. The maximum absolute atomic E-state index is 13.8. The number of alkyl carbamates (subject to hydrolysis) is 1. The molecule has 2 amide bonds. The number of nitrogens with one attached hydrogen (secondary N) is 3. The first-order valence-corrected chi connectivity index (χ1v) is 30.7. The number of phosphoric acid groups is 2. The number of allylic oxidation sites excluding steroid dienone is 2. The number of nitrogens with zero attached hydrogens (tertiary/aromatic N) is 5. The standard InChI is InChI=1S/C50H58N9O18P3S/c1-9-58-33-18-35-31(16-28(33)24(3)20-49(58,5)6)38(32-17-29-25(4)21-50(7,8)59(10-2)34(29)19-36(32)73-35)27-12-11-26(15-30(27)46(63)64)43(61)52-13-14-53-48(65)75-41-40(60)37(22-72-78(66,67)76-79(68,69)77-80(70,71)81)74-45(41)57-23-54-39-42(57)55-47(51)56-44(39)62/h11-12,15-21,23,37,40-41,45,60H,9-10,13-14,22H2,1-8H3,(H9-,51,52,53,55,56,61,62,63,64,65,66,67,68,69,70,71,81)/p+1/t37-,40-,41-,45-/m1/s1. The van der Waals surface area contributed by atoms with Crippen molar-refractivity contribution >= 4 is 91.7 Å². The van der Waals surface area contributed by atoms with E-state index in [2.05, 4.69) is 109 Å². The summed E-state index contributed by atoms with van der Waals surface area (Å²) >= 11 is 4.09. The normalized spacial score (nSPS) is 21.3. The van der Waals surface area contributed by atoms with Gasteiger partial charge in [0.15, 0.2) is 29.0 Å². The molecule has 432 valence electrons. The van der Waals surface area contributed by atoms with E-state index in [-0.39, 0.29) is 52.4 Å². The molecule has 1 saturated heterocycles. The van der Waals surface area contributed by atoms with Crippen molar-refractivity contribution in [2.45, 2.75) is 91.0 Å². The van der Waals surface area contributed by atoms with Crippen LogP contribution in [-0.4, -0.2) is 129 Å². The number of aliphatic hydroxyl groups excluding tert-OH is 1. The van der Waals surface area contributed by atoms with Gasteiger partial charge in [0.1, 0.15) is 30.3 Å². The Hall–Kier alpha value is -6.48. The van der Waals surface area contributed by atoms with E-state index in [4.69, 9.17) is 24.5 Å². The van der Waals surface area contributed by atoms with E-state index < -0.39 is 77.0 Å². The van der Waals surface area contributed by atoms with Gasteiger partial charge in [-0.15, -0.1) is 0 Å². The molecule has 6 heterocycles. The molecule has 9 rings (SSSR count). The lowest BCUT2D eigenvalue weighted by molar-refractivity contribution is -0.0522. The van der Waals surface area contributed by atoms with Crippen molar-refractivity contribution in [1.82, 2.24) is 34.7 Å². The first-order chi connectivity index (χ1) is 37.8. The lowest BCUT2D eigenvalue weighted by atomic mass is 9.83. The number of aromatic amines is 1. The third-order valence-corrected chi connectivity index (χ3v) is 18.5. The van der Waals surface area contributed by atoms with Gasteiger partial charge >= 0.3 is 34.4 Å². The summed E-state index contributed by atoms with van der Waals surface area (Å²) in [6.45, 7) is 11.7. The zero-order chi connectivity index (χ0) is 59.1. The molecule has 0 aliphatic carbocycles. The van der Waals surface area contributed by atoms with E-state index in [1.54, 1.807) is 6.07 Å². The molecule has 0 bridgehead atoms. The van der Waals surface area contributed by atoms with E-state index in [9.17, 15) is 58.1 Å². The second kappa shape index (κ2) is 21.7. The Morgan fingerprint density at radius 2 is 1.62 bits per heavy atom. The number of aromatic nitrogens is 4. The summed E-state index contributed by atoms with van der Waals surface area (Å²) in [5, 5.41) is 29.0. The summed E-state index contributed by atoms with van der Waals surface area (Å²) in [5.74, 6) is -1.30. The molecule has 5 aromatic rings. The summed E-state index contributed by atoms with van der Waals surface area (Å²) in [4.78, 5) is 104. The second-order valence-electron chi connectivity index (χ2n) is 20.5. The van der Waals surface area contributed by atoms with E-state index in [0.29, 0.717) is 46.5 Å². The highest BCUT2D eigenvalue weighted by atomic mass is 32.5. The van der Waals surface area contributed by atoms with Crippen LogP contribution in [0.1, 0.15) is 105 Å². The first-order valence-electron chi connectivity index (χ1n) is 25.1. The van der Waals surface area contributed by atoms with Gasteiger partial charge in [0.2, 0.25) is 11.3 Å². The fraction of sp³-hybridized carbons (Fsp3) is 0.380. The van der Waals surface area contributed by atoms with Gasteiger partial charge in [-0.1, -0.05) is 12.1 Å². The number of H-pyrrole nitrogens is 1. The minimum absolute atomic E-state index is 0.0196. The van der Waals surface area contributed by atoms with Crippen molar-refractivity contribution in [1.29, 1.82) is 0 Å². The van der Waals surface area contributed by atoms with Gasteiger partial charge < -0.3 is 65.3 Å². The van der Waals surface area contributed by atoms with Crippen molar-refractivity contribution in [3.8, 4) is 11.5 Å². The quantitative estimate of drug-likeness (QED) is 0.0353. The van der Waals surface area contributed by atoms with Gasteiger partial charge in [-0.05, 0) is 100 Å². The summed E-state index contributed by atoms with van der Waals surface area (Å²) in [7, 11) is -11.4. The van der Waals surface area contributed by atoms with Crippen molar-refractivity contribution in [3.05, 3.63) is 115 Å². The lowest BCUT2D eigenvalue weighted by Gasteiger charge is -2.43. The predicted molar refractivity (Wildman–Crippen MR) is 297 cm³/mol. The van der Waals surface area contributed by atoms with Crippen LogP contribution in [0.15, 0.2) is 65.7 Å². The van der Waals surface area contributed by atoms with Crippen molar-refractivity contribution in [2.75, 3.05) is 43.4 Å². The molecule has 27 nitrogen and oxygen atoms in total. The number of nitrogens with two attached hydrogens (primary N) is 1. The third-order valence-electron chi connectivity index (χ3n) is 14.1. The highest BCUT2D eigenvalue weighted by Crippen LogP contribution is 2.66. The third kappa shape index (κ3) is 11.8. The minimum Gasteiger partial charge on any atom is -0.478 e. The Morgan fingerprint density at radius 1 is 0.914 bits per heavy atom. The van der Waals surface area contributed by atoms with Gasteiger partial charge in [-0.2, -0.15) is 9.29 Å². The smallest absolute Gasteiger partial charge is 0.478 e. The number of nitrogen functional groups attached to an aromatic ring is 1. The Morgan fingerprint density at radius 3 is 2.30 bits per heavy atom. The van der Waals surface area contributed by atoms with Gasteiger partial charge in [0.05, 0.1) is 30.1 Å². The van der Waals surface area contributed by atoms with Crippen molar-refractivity contribution in [3.63, 3.8) is 0 Å². The van der Waals surface area contributed by atoms with Gasteiger partial charge in [0.25, 0.3) is 11.5 Å². The number of rotatable bonds is 17. The van der Waals surface area contributed by atoms with Gasteiger partial charge in [-0.3, -0.25) is 23.7 Å². The summed E-state index contributed by atoms with van der Waals surface area (Å²) < 4.78 is 58.9. The van der Waals surface area contributed by atoms with Crippen LogP contribution in [0.3, 0.4) is 0 Å². The number of hydrogen-bond donors (Lipinski definition) is 10. The molecule has 31 heteroatoms. The topological polar surface area (TPSA) is 382 Å². The van der Waals surface area contributed by atoms with Crippen LogP contribution >= 0.6 is 22.4 Å². The Bertz CT molecular complexity index is 3890. The number of benzene rings is 3. The SMILES string of the molecule is CCN1c2cc3c(cc2C(C)=CC1(C)C)C(c1ccc(C(=O)NCCNC(=O)O[C@@H]2[C@H](O)[C@@H](COP(=O)(O)OP(=O)(O)OP(O)(O)=S)O[C@H]2n2cnc4c(=O)[nH]c(N)nc42)cc1C(=O)O)=c1cc2c(cc1O3)=[N+](CC)C(C)(C)C=C2C. The number of amides is 2. The van der Waals surface area contributed by atoms with Crippen molar-refractivity contribution in [2.24, 2.45) is 0 Å². The van der Waals surface area contributed by atoms with Crippen LogP contribution in [0.5, 0.6) is 11.5 Å². The van der Waals surface area contributed by atoms with Crippen LogP contribution in [-0.2, 0) is 43.6 Å². The number of carboxylic acids is 1. The van der Waals surface area contributed by atoms with Gasteiger partial charge in [0, 0.05) is 78.3 Å². The molecule has 0 radical (unpaired) electrons. The van der Waals surface area contributed by atoms with E-state index >= 15 is 0 Å². The maximum atomic E-state index is 13.8. The molecule has 4 aliphatic heterocycles. The van der Waals surface area contributed by atoms with Crippen LogP contribution in [0.2, 0.25) is 0 Å². The van der Waals surface area contributed by atoms with Crippen molar-refractivity contribution < 1.29 is 80.7 Å². The number of anilines is 2. The predicted octanol–water partition coefficient (Wildman–Crippen LogP) is 3.72. The molecule has 3 aromatic carbocycles. The molecule has 0 spiro atoms. The summed E-state index contributed by atoms with van der Waals surface area (Å²) in [6.07, 6.45) is -2.82. The zero-order valence-electron chi connectivity index (χ0n) is 44.8. The lowest BCUT2D eigenvalue weighted by Crippen LogP contribution is -2.49. The number of likely N-dealkylation sites (N-methyl/N-ethyl adjacent to an activating group) is 2. The molecular formula is C50H59N9O18P3S+. The number of aromatic carboxylic acids is 1. The van der Waals surface area contributed by atoms with Crippen LogP contribution in [0.25, 0.3) is 27.9 Å². The monoisotopic (exact) mass is 1200 g/mol. The Labute approximate surface area is 466 Å². The van der Waals surface area contributed by atoms with Crippen LogP contribution in [0.4, 0.5) is 16.4 Å². The fourth-order valence-electron chi connectivity index (χ4n) is 11.0. The number of phosphoric ester groups is 1. The highest BCUT2D eigenvalue weighted by Gasteiger charge is 2.50. The molecule has 81 heavy (non-hydrogen) atoms. The largest absolute Gasteiger partial charge is 0.488 e. The van der Waals surface area contributed by atoms with Crippen LogP contribution < -0.4 is 46.7 Å². The number of carbonyl (C=O) groups excluding carboxylic acids is 2. The first kappa shape index (κ1) is 59.2. The molecule has 1 fully saturated rings. The molecule has 2 unspecified atom stereocenters. The Balaban J connectivity index is 0.962. The highest BCUT2D eigenvalue weighted by molar-refractivity contribution is 8.08. The number of carboxylic acid groups (broad SMARTS) is 1. The van der Waals surface area contributed by atoms with E-state index in [1.807, 2.05) is 38.1 Å². The number of ether oxygens (including phenoxy) is 3. The molecule has 6 atom stereocenters. The summed E-state index contributed by atoms with van der Waals surface area (Å²) in [6, 6.07) is 12.5. The average Bonchev–Trinajstić information content (AvgIpc) is 3.99.